The van der Waals surface area contributed by atoms with Gasteiger partial charge in [0, 0.05) is 13.0 Å². The molecule has 3 nitrogen and oxygen atoms in total. The third-order valence-electron chi connectivity index (χ3n) is 14.0. The van der Waals surface area contributed by atoms with Crippen LogP contribution in [0.2, 0.25) is 18.1 Å². The molecular formula is C40H66O3Si. The maximum atomic E-state index is 11.6. The number of hydrogen-bond acceptors (Lipinski definition) is 3. The average molecular weight is 623 g/mol. The first kappa shape index (κ1) is 34.2. The predicted octanol–water partition coefficient (Wildman–Crippen LogP) is 10.8. The van der Waals surface area contributed by atoms with Crippen molar-refractivity contribution in [3.05, 3.63) is 41.5 Å². The molecule has 0 heterocycles. The van der Waals surface area contributed by atoms with E-state index in [-0.39, 0.29) is 16.6 Å². The standard InChI is InChI=1S/C40H66O3Si/c1-27-13-12-16-31(23-27)43-32-19-21-39(7)30(24-32)17-18-33-34(39)20-22-40(8)35(33)25-36(41)37(40)29(3)15-11-14-28(2)26-42-44(9,10)38(4,5)6/h12-13,16-17,23,28-29,32-37,41H,11,14-15,18-22,24-26H2,1-10H3/t28-,29-,32?,33-,34+,35+,36+,37+,39+,40+/m1/s1. The minimum atomic E-state index is -1.68. The molecule has 4 aliphatic carbocycles. The van der Waals surface area contributed by atoms with Gasteiger partial charge in [0.05, 0.1) is 6.10 Å². The highest BCUT2D eigenvalue weighted by atomic mass is 28.4. The lowest BCUT2D eigenvalue weighted by Gasteiger charge is -2.58. The van der Waals surface area contributed by atoms with Crippen molar-refractivity contribution >= 4 is 8.32 Å². The second-order valence-corrected chi connectivity index (χ2v) is 22.8. The van der Waals surface area contributed by atoms with Crippen molar-refractivity contribution in [2.24, 2.45) is 46.3 Å². The third-order valence-corrected chi connectivity index (χ3v) is 18.5. The average Bonchev–Trinajstić information content (AvgIpc) is 3.21. The Morgan fingerprint density at radius 2 is 1.80 bits per heavy atom. The highest BCUT2D eigenvalue weighted by Crippen LogP contribution is 2.67. The quantitative estimate of drug-likeness (QED) is 0.208. The van der Waals surface area contributed by atoms with Gasteiger partial charge in [-0.05, 0) is 134 Å². The first-order valence-electron chi connectivity index (χ1n) is 18.3. The van der Waals surface area contributed by atoms with Gasteiger partial charge in [-0.1, -0.05) is 85.1 Å². The number of aryl methyl sites for hydroxylation is 1. The van der Waals surface area contributed by atoms with Gasteiger partial charge in [-0.25, -0.2) is 0 Å². The number of aliphatic hydroxyl groups excluding tert-OH is 1. The first-order chi connectivity index (χ1) is 20.5. The van der Waals surface area contributed by atoms with E-state index in [2.05, 4.69) is 98.8 Å². The zero-order valence-electron chi connectivity index (χ0n) is 30.0. The van der Waals surface area contributed by atoms with E-state index in [0.29, 0.717) is 35.2 Å². The van der Waals surface area contributed by atoms with E-state index in [1.54, 1.807) is 5.57 Å². The number of benzene rings is 1. The zero-order chi connectivity index (χ0) is 32.1. The van der Waals surface area contributed by atoms with Gasteiger partial charge in [-0.15, -0.1) is 0 Å². The Balaban J connectivity index is 1.18. The minimum Gasteiger partial charge on any atom is -0.490 e. The summed E-state index contributed by atoms with van der Waals surface area (Å²) < 4.78 is 13.1. The normalized spacial score (nSPS) is 36.9. The van der Waals surface area contributed by atoms with E-state index in [1.165, 1.54) is 50.5 Å². The number of fused-ring (bicyclic) bond motifs is 5. The van der Waals surface area contributed by atoms with Crippen LogP contribution in [0.1, 0.15) is 118 Å². The third kappa shape index (κ3) is 6.66. The van der Waals surface area contributed by atoms with Crippen LogP contribution in [0.25, 0.3) is 0 Å². The molecular weight excluding hydrogens is 557 g/mol. The fraction of sp³-hybridized carbons (Fsp3) is 0.800. The Labute approximate surface area is 272 Å². The maximum absolute atomic E-state index is 11.6. The maximum Gasteiger partial charge on any atom is 0.191 e. The van der Waals surface area contributed by atoms with Crippen molar-refractivity contribution in [2.45, 2.75) is 150 Å². The van der Waals surface area contributed by atoms with Crippen LogP contribution >= 0.6 is 0 Å². The summed E-state index contributed by atoms with van der Waals surface area (Å²) >= 11 is 0. The second kappa shape index (κ2) is 12.8. The van der Waals surface area contributed by atoms with Crippen molar-refractivity contribution in [3.63, 3.8) is 0 Å². The largest absolute Gasteiger partial charge is 0.490 e. The fourth-order valence-electron chi connectivity index (χ4n) is 10.3. The summed E-state index contributed by atoms with van der Waals surface area (Å²) in [4.78, 5) is 0. The summed E-state index contributed by atoms with van der Waals surface area (Å²) in [6.45, 7) is 24.8. The molecule has 1 unspecified atom stereocenters. The molecule has 0 aliphatic heterocycles. The molecule has 0 aromatic heterocycles. The number of hydrogen-bond donors (Lipinski definition) is 1. The molecule has 0 spiro atoms. The molecule has 3 fully saturated rings. The molecule has 5 rings (SSSR count). The van der Waals surface area contributed by atoms with Crippen LogP contribution in [0, 0.1) is 53.3 Å². The Bertz CT molecular complexity index is 1170. The van der Waals surface area contributed by atoms with Crippen molar-refractivity contribution in [2.75, 3.05) is 6.61 Å². The monoisotopic (exact) mass is 622 g/mol. The molecule has 1 aromatic rings. The molecule has 10 atom stereocenters. The Morgan fingerprint density at radius 1 is 1.05 bits per heavy atom. The predicted molar refractivity (Wildman–Crippen MR) is 188 cm³/mol. The van der Waals surface area contributed by atoms with E-state index < -0.39 is 8.32 Å². The summed E-state index contributed by atoms with van der Waals surface area (Å²) in [7, 11) is -1.68. The molecule has 0 bridgehead atoms. The van der Waals surface area contributed by atoms with Crippen molar-refractivity contribution in [3.8, 4) is 5.75 Å². The fourth-order valence-corrected chi connectivity index (χ4v) is 11.4. The molecule has 1 aromatic carbocycles. The molecule has 4 aliphatic rings. The van der Waals surface area contributed by atoms with Gasteiger partial charge in [-0.2, -0.15) is 0 Å². The molecule has 248 valence electrons. The topological polar surface area (TPSA) is 38.7 Å². The zero-order valence-corrected chi connectivity index (χ0v) is 31.0. The molecule has 0 saturated heterocycles. The molecule has 4 heteroatoms. The van der Waals surface area contributed by atoms with Gasteiger partial charge in [0.2, 0.25) is 0 Å². The minimum absolute atomic E-state index is 0.144. The van der Waals surface area contributed by atoms with Gasteiger partial charge >= 0.3 is 0 Å². The van der Waals surface area contributed by atoms with E-state index in [9.17, 15) is 5.11 Å². The molecule has 0 amide bonds. The Hall–Kier alpha value is -1.10. The lowest BCUT2D eigenvalue weighted by Crippen LogP contribution is -2.51. The molecule has 0 radical (unpaired) electrons. The van der Waals surface area contributed by atoms with E-state index in [4.69, 9.17) is 9.16 Å². The van der Waals surface area contributed by atoms with E-state index in [1.807, 2.05) is 0 Å². The second-order valence-electron chi connectivity index (χ2n) is 18.0. The molecule has 3 saturated carbocycles. The van der Waals surface area contributed by atoms with Crippen LogP contribution in [0.3, 0.4) is 0 Å². The Morgan fingerprint density at radius 3 is 2.50 bits per heavy atom. The summed E-state index contributed by atoms with van der Waals surface area (Å²) in [6.07, 6.45) is 14.8. The van der Waals surface area contributed by atoms with Crippen molar-refractivity contribution in [1.29, 1.82) is 0 Å². The lowest BCUT2D eigenvalue weighted by atomic mass is 9.47. The van der Waals surface area contributed by atoms with Crippen molar-refractivity contribution < 1.29 is 14.3 Å². The number of rotatable bonds is 10. The summed E-state index contributed by atoms with van der Waals surface area (Å²) in [5.74, 6) is 4.75. The summed E-state index contributed by atoms with van der Waals surface area (Å²) in [6, 6.07) is 8.54. The molecule has 1 N–H and O–H groups in total. The van der Waals surface area contributed by atoms with Crippen molar-refractivity contribution in [1.82, 2.24) is 0 Å². The Kier molecular flexibility index (Phi) is 9.99. The van der Waals surface area contributed by atoms with Crippen LogP contribution in [0.5, 0.6) is 5.75 Å². The van der Waals surface area contributed by atoms with E-state index in [0.717, 1.165) is 43.5 Å². The lowest BCUT2D eigenvalue weighted by molar-refractivity contribution is -0.0608. The van der Waals surface area contributed by atoms with Crippen LogP contribution in [0.4, 0.5) is 0 Å². The van der Waals surface area contributed by atoms with Gasteiger partial charge < -0.3 is 14.3 Å². The van der Waals surface area contributed by atoms with Gasteiger partial charge in [0.15, 0.2) is 8.32 Å². The highest BCUT2D eigenvalue weighted by Gasteiger charge is 2.61. The van der Waals surface area contributed by atoms with Crippen LogP contribution in [-0.2, 0) is 4.43 Å². The summed E-state index contributed by atoms with van der Waals surface area (Å²) in [5, 5.41) is 11.9. The SMILES string of the molecule is Cc1cccc(OC2CC[C@@]3(C)C(=CC[C@H]4[C@@H]5C[C@H](O)[C@H]([C@H](C)CCC[C@@H](C)CO[Si](C)(C)C(C)(C)C)[C@@]5(C)CC[C@@H]43)C2)c1. The number of ether oxygens (including phenoxy) is 1. The van der Waals surface area contributed by atoms with Gasteiger partial charge in [0.1, 0.15) is 11.9 Å². The molecule has 44 heavy (non-hydrogen) atoms. The highest BCUT2D eigenvalue weighted by molar-refractivity contribution is 6.74. The number of aliphatic hydroxyl groups is 1. The van der Waals surface area contributed by atoms with Crippen LogP contribution in [-0.4, -0.2) is 32.2 Å². The first-order valence-corrected chi connectivity index (χ1v) is 21.2. The summed E-state index contributed by atoms with van der Waals surface area (Å²) in [5.41, 5.74) is 3.50. The van der Waals surface area contributed by atoms with Crippen LogP contribution < -0.4 is 4.74 Å². The van der Waals surface area contributed by atoms with Gasteiger partial charge in [-0.3, -0.25) is 0 Å². The smallest absolute Gasteiger partial charge is 0.191 e. The van der Waals surface area contributed by atoms with Gasteiger partial charge in [0.25, 0.3) is 0 Å². The van der Waals surface area contributed by atoms with Crippen LogP contribution in [0.15, 0.2) is 35.9 Å². The van der Waals surface area contributed by atoms with E-state index >= 15 is 0 Å². The number of allylic oxidation sites excluding steroid dienone is 1.